The summed E-state index contributed by atoms with van der Waals surface area (Å²) in [5.41, 5.74) is 4.03. The van der Waals surface area contributed by atoms with E-state index in [0.29, 0.717) is 5.92 Å². The third-order valence-corrected chi connectivity index (χ3v) is 2.87. The molecular formula is C17H24. The first-order chi connectivity index (χ1) is 8.08. The fourth-order valence-electron chi connectivity index (χ4n) is 1.68. The van der Waals surface area contributed by atoms with Gasteiger partial charge in [-0.1, -0.05) is 60.6 Å². The van der Waals surface area contributed by atoms with Gasteiger partial charge in [-0.2, -0.15) is 0 Å². The van der Waals surface area contributed by atoms with Crippen molar-refractivity contribution >= 4 is 6.08 Å². The van der Waals surface area contributed by atoms with Gasteiger partial charge in [-0.15, -0.1) is 0 Å². The first-order valence-corrected chi connectivity index (χ1v) is 6.46. The minimum Gasteiger partial charge on any atom is -0.0859 e. The zero-order chi connectivity index (χ0) is 12.7. The second-order valence-corrected chi connectivity index (χ2v) is 5.11. The molecule has 0 aliphatic heterocycles. The molecule has 0 aliphatic rings. The van der Waals surface area contributed by atoms with Gasteiger partial charge in [0.25, 0.3) is 0 Å². The van der Waals surface area contributed by atoms with E-state index in [1.54, 1.807) is 0 Å². The zero-order valence-electron chi connectivity index (χ0n) is 11.5. The topological polar surface area (TPSA) is 0 Å². The average Bonchev–Trinajstić information content (AvgIpc) is 2.28. The van der Waals surface area contributed by atoms with Crippen LogP contribution in [-0.2, 0) is 0 Å². The molecule has 0 saturated carbocycles. The minimum absolute atomic E-state index is 0.645. The number of rotatable bonds is 5. The quantitative estimate of drug-likeness (QED) is 0.593. The highest BCUT2D eigenvalue weighted by Crippen LogP contribution is 2.12. The molecule has 0 heteroatoms. The summed E-state index contributed by atoms with van der Waals surface area (Å²) in [6, 6.07) is 8.67. The maximum absolute atomic E-state index is 2.32. The molecular weight excluding hydrogens is 204 g/mol. The summed E-state index contributed by atoms with van der Waals surface area (Å²) < 4.78 is 0. The van der Waals surface area contributed by atoms with E-state index in [1.165, 1.54) is 29.5 Å². The van der Waals surface area contributed by atoms with Crippen LogP contribution in [0.4, 0.5) is 0 Å². The summed E-state index contributed by atoms with van der Waals surface area (Å²) in [6.45, 7) is 8.72. The van der Waals surface area contributed by atoms with Crippen molar-refractivity contribution in [1.29, 1.82) is 0 Å². The van der Waals surface area contributed by atoms with E-state index in [4.69, 9.17) is 0 Å². The SMILES string of the molecule is CC(C)=CCCC(C)/C=C/c1ccc(C)cc1. The van der Waals surface area contributed by atoms with Gasteiger partial charge < -0.3 is 0 Å². The van der Waals surface area contributed by atoms with Crippen LogP contribution in [0.15, 0.2) is 42.0 Å². The van der Waals surface area contributed by atoms with E-state index in [2.05, 4.69) is 70.2 Å². The molecule has 1 unspecified atom stereocenters. The van der Waals surface area contributed by atoms with Crippen molar-refractivity contribution in [3.05, 3.63) is 53.1 Å². The number of hydrogen-bond donors (Lipinski definition) is 0. The Labute approximate surface area is 106 Å². The molecule has 17 heavy (non-hydrogen) atoms. The van der Waals surface area contributed by atoms with Crippen molar-refractivity contribution in [3.8, 4) is 0 Å². The van der Waals surface area contributed by atoms with Crippen LogP contribution in [0.2, 0.25) is 0 Å². The van der Waals surface area contributed by atoms with Crippen molar-refractivity contribution in [3.63, 3.8) is 0 Å². The predicted octanol–water partition coefficient (Wildman–Crippen LogP) is 5.39. The van der Waals surface area contributed by atoms with Gasteiger partial charge in [-0.05, 0) is 45.1 Å². The highest BCUT2D eigenvalue weighted by molar-refractivity contribution is 5.49. The molecule has 0 aromatic heterocycles. The molecule has 1 aromatic rings. The Bertz CT molecular complexity index is 375. The van der Waals surface area contributed by atoms with Crippen LogP contribution >= 0.6 is 0 Å². The van der Waals surface area contributed by atoms with Crippen LogP contribution in [0.3, 0.4) is 0 Å². The Kier molecular flexibility index (Phi) is 5.76. The lowest BCUT2D eigenvalue weighted by molar-refractivity contribution is 0.659. The highest BCUT2D eigenvalue weighted by atomic mass is 14.0. The zero-order valence-corrected chi connectivity index (χ0v) is 11.5. The molecule has 92 valence electrons. The molecule has 0 heterocycles. The van der Waals surface area contributed by atoms with Gasteiger partial charge in [0.2, 0.25) is 0 Å². The van der Waals surface area contributed by atoms with Crippen molar-refractivity contribution < 1.29 is 0 Å². The summed E-state index contributed by atoms with van der Waals surface area (Å²) in [7, 11) is 0. The summed E-state index contributed by atoms with van der Waals surface area (Å²) in [5.74, 6) is 0.645. The average molecular weight is 228 g/mol. The standard InChI is InChI=1S/C17H24/c1-14(2)6-5-7-15(3)8-11-17-12-9-16(4)10-13-17/h6,8-13,15H,5,7H2,1-4H3/b11-8+. The molecule has 0 aliphatic carbocycles. The van der Waals surface area contributed by atoms with Crippen molar-refractivity contribution in [2.45, 2.75) is 40.5 Å². The highest BCUT2D eigenvalue weighted by Gasteiger charge is 1.95. The number of aryl methyl sites for hydroxylation is 1. The van der Waals surface area contributed by atoms with Gasteiger partial charge in [-0.25, -0.2) is 0 Å². The van der Waals surface area contributed by atoms with E-state index in [9.17, 15) is 0 Å². The first kappa shape index (κ1) is 13.8. The Balaban J connectivity index is 2.42. The van der Waals surface area contributed by atoms with Crippen molar-refractivity contribution in [2.24, 2.45) is 5.92 Å². The lowest BCUT2D eigenvalue weighted by Crippen LogP contribution is -1.88. The maximum atomic E-state index is 2.32. The lowest BCUT2D eigenvalue weighted by Gasteiger charge is -2.03. The summed E-state index contributed by atoms with van der Waals surface area (Å²) in [6.07, 6.45) is 9.27. The Morgan fingerprint density at radius 1 is 1.18 bits per heavy atom. The second kappa shape index (κ2) is 7.11. The fraction of sp³-hybridized carbons (Fsp3) is 0.412. The Morgan fingerprint density at radius 3 is 2.41 bits per heavy atom. The number of allylic oxidation sites excluding steroid dienone is 3. The third-order valence-electron chi connectivity index (χ3n) is 2.87. The van der Waals surface area contributed by atoms with Gasteiger partial charge in [-0.3, -0.25) is 0 Å². The van der Waals surface area contributed by atoms with Crippen molar-refractivity contribution in [2.75, 3.05) is 0 Å². The molecule has 0 bridgehead atoms. The lowest BCUT2D eigenvalue weighted by atomic mass is 10.0. The fourth-order valence-corrected chi connectivity index (χ4v) is 1.68. The van der Waals surface area contributed by atoms with Gasteiger partial charge in [0.05, 0.1) is 0 Å². The minimum atomic E-state index is 0.645. The van der Waals surface area contributed by atoms with E-state index in [1.807, 2.05) is 0 Å². The largest absolute Gasteiger partial charge is 0.0859 e. The first-order valence-electron chi connectivity index (χ1n) is 6.46. The molecule has 1 atom stereocenters. The molecule has 0 spiro atoms. The normalized spacial score (nSPS) is 12.7. The van der Waals surface area contributed by atoms with E-state index < -0.39 is 0 Å². The molecule has 0 saturated heterocycles. The van der Waals surface area contributed by atoms with Crippen LogP contribution in [0.5, 0.6) is 0 Å². The van der Waals surface area contributed by atoms with Crippen LogP contribution < -0.4 is 0 Å². The second-order valence-electron chi connectivity index (χ2n) is 5.11. The molecule has 1 aromatic carbocycles. The monoisotopic (exact) mass is 228 g/mol. The van der Waals surface area contributed by atoms with Crippen LogP contribution in [0.25, 0.3) is 6.08 Å². The molecule has 1 rings (SSSR count). The Hall–Kier alpha value is -1.30. The smallest absolute Gasteiger partial charge is 0.0256 e. The molecule has 0 N–H and O–H groups in total. The molecule has 0 radical (unpaired) electrons. The maximum Gasteiger partial charge on any atom is -0.0256 e. The molecule has 0 fully saturated rings. The summed E-state index contributed by atoms with van der Waals surface area (Å²) in [5, 5.41) is 0. The van der Waals surface area contributed by atoms with Crippen LogP contribution in [0, 0.1) is 12.8 Å². The third kappa shape index (κ3) is 6.11. The van der Waals surface area contributed by atoms with E-state index in [-0.39, 0.29) is 0 Å². The van der Waals surface area contributed by atoms with Crippen molar-refractivity contribution in [1.82, 2.24) is 0 Å². The summed E-state index contributed by atoms with van der Waals surface area (Å²) in [4.78, 5) is 0. The van der Waals surface area contributed by atoms with E-state index >= 15 is 0 Å². The van der Waals surface area contributed by atoms with Gasteiger partial charge in [0, 0.05) is 0 Å². The van der Waals surface area contributed by atoms with Gasteiger partial charge in [0.15, 0.2) is 0 Å². The van der Waals surface area contributed by atoms with E-state index in [0.717, 1.165) is 0 Å². The van der Waals surface area contributed by atoms with Gasteiger partial charge >= 0.3 is 0 Å². The van der Waals surface area contributed by atoms with Gasteiger partial charge in [0.1, 0.15) is 0 Å². The summed E-state index contributed by atoms with van der Waals surface area (Å²) >= 11 is 0. The number of hydrogen-bond acceptors (Lipinski definition) is 0. The van der Waals surface area contributed by atoms with Crippen LogP contribution in [0.1, 0.15) is 44.7 Å². The predicted molar refractivity (Wildman–Crippen MR) is 78.0 cm³/mol. The molecule has 0 nitrogen and oxygen atoms in total. The Morgan fingerprint density at radius 2 is 1.82 bits per heavy atom. The number of benzene rings is 1. The van der Waals surface area contributed by atoms with Crippen LogP contribution in [-0.4, -0.2) is 0 Å². The molecule has 0 amide bonds.